The largest absolute Gasteiger partial charge is 0.506 e. The van der Waals surface area contributed by atoms with Crippen molar-refractivity contribution in [1.29, 1.82) is 0 Å². The molecule has 1 aliphatic rings. The highest BCUT2D eigenvalue weighted by Gasteiger charge is 2.24. The molecular formula is C15H18N2O3. The number of phenolic OH excluding ortho intramolecular Hbond substituents is 1. The molecule has 0 saturated carbocycles. The van der Waals surface area contributed by atoms with Crippen LogP contribution in [0, 0.1) is 0 Å². The molecule has 1 fully saturated rings. The monoisotopic (exact) mass is 274 g/mol. The number of hydrogen-bond acceptors (Lipinski definition) is 4. The van der Waals surface area contributed by atoms with Crippen LogP contribution in [0.2, 0.25) is 0 Å². The van der Waals surface area contributed by atoms with Crippen LogP contribution in [0.1, 0.15) is 30.9 Å². The van der Waals surface area contributed by atoms with Gasteiger partial charge >= 0.3 is 0 Å². The summed E-state index contributed by atoms with van der Waals surface area (Å²) in [6.07, 6.45) is 2.51. The molecule has 0 bridgehead atoms. The van der Waals surface area contributed by atoms with E-state index in [0.29, 0.717) is 10.9 Å². The SMILES string of the molecule is O=c1ccc2c([C@H](O)[C@H]3CCCCN3)ccc(O)c2[nH]1. The zero-order chi connectivity index (χ0) is 14.1. The van der Waals surface area contributed by atoms with Gasteiger partial charge in [-0.05, 0) is 37.1 Å². The van der Waals surface area contributed by atoms with Crippen LogP contribution in [0.5, 0.6) is 5.75 Å². The summed E-state index contributed by atoms with van der Waals surface area (Å²) < 4.78 is 0. The first kappa shape index (κ1) is 13.1. The minimum Gasteiger partial charge on any atom is -0.506 e. The Morgan fingerprint density at radius 3 is 2.80 bits per heavy atom. The van der Waals surface area contributed by atoms with Crippen molar-refractivity contribution >= 4 is 10.9 Å². The van der Waals surface area contributed by atoms with Gasteiger partial charge in [-0.3, -0.25) is 4.79 Å². The molecule has 0 spiro atoms. The molecule has 1 saturated heterocycles. The summed E-state index contributed by atoms with van der Waals surface area (Å²) in [6, 6.07) is 6.31. The molecule has 0 amide bonds. The predicted molar refractivity (Wildman–Crippen MR) is 76.8 cm³/mol. The lowest BCUT2D eigenvalue weighted by Crippen LogP contribution is -2.38. The fourth-order valence-corrected chi connectivity index (χ4v) is 2.88. The summed E-state index contributed by atoms with van der Waals surface area (Å²) >= 11 is 0. The molecule has 1 aromatic heterocycles. The van der Waals surface area contributed by atoms with Gasteiger partial charge in [-0.1, -0.05) is 12.5 Å². The van der Waals surface area contributed by atoms with Crippen LogP contribution in [-0.4, -0.2) is 27.8 Å². The molecule has 106 valence electrons. The number of hydrogen-bond donors (Lipinski definition) is 4. The van der Waals surface area contributed by atoms with E-state index in [9.17, 15) is 15.0 Å². The van der Waals surface area contributed by atoms with Gasteiger partial charge in [0.2, 0.25) is 5.56 Å². The number of aliphatic hydroxyl groups excluding tert-OH is 1. The van der Waals surface area contributed by atoms with Crippen molar-refractivity contribution < 1.29 is 10.2 Å². The molecular weight excluding hydrogens is 256 g/mol. The number of H-pyrrole nitrogens is 1. The number of benzene rings is 1. The maximum absolute atomic E-state index is 11.4. The fraction of sp³-hybridized carbons (Fsp3) is 0.400. The van der Waals surface area contributed by atoms with Crippen LogP contribution in [0.3, 0.4) is 0 Å². The summed E-state index contributed by atoms with van der Waals surface area (Å²) in [5, 5.41) is 24.4. The number of pyridine rings is 1. The van der Waals surface area contributed by atoms with Gasteiger partial charge in [0.25, 0.3) is 0 Å². The molecule has 4 N–H and O–H groups in total. The molecule has 5 nitrogen and oxygen atoms in total. The fourth-order valence-electron chi connectivity index (χ4n) is 2.88. The number of fused-ring (bicyclic) bond motifs is 1. The number of piperidine rings is 1. The van der Waals surface area contributed by atoms with Gasteiger partial charge in [0.05, 0.1) is 11.6 Å². The number of rotatable bonds is 2. The first-order valence-electron chi connectivity index (χ1n) is 6.93. The van der Waals surface area contributed by atoms with E-state index in [4.69, 9.17) is 0 Å². The number of phenols is 1. The average molecular weight is 274 g/mol. The van der Waals surface area contributed by atoms with E-state index < -0.39 is 6.10 Å². The van der Waals surface area contributed by atoms with Crippen molar-refractivity contribution in [2.75, 3.05) is 6.54 Å². The van der Waals surface area contributed by atoms with Crippen LogP contribution in [-0.2, 0) is 0 Å². The molecule has 20 heavy (non-hydrogen) atoms. The van der Waals surface area contributed by atoms with E-state index in [1.54, 1.807) is 12.1 Å². The van der Waals surface area contributed by atoms with Crippen molar-refractivity contribution in [2.45, 2.75) is 31.4 Å². The van der Waals surface area contributed by atoms with Crippen LogP contribution in [0.15, 0.2) is 29.1 Å². The Labute approximate surface area is 116 Å². The van der Waals surface area contributed by atoms with Crippen molar-refractivity contribution in [3.8, 4) is 5.75 Å². The van der Waals surface area contributed by atoms with Crippen LogP contribution in [0.4, 0.5) is 0 Å². The minimum absolute atomic E-state index is 0.0171. The lowest BCUT2D eigenvalue weighted by Gasteiger charge is -2.28. The van der Waals surface area contributed by atoms with Gasteiger partial charge in [-0.25, -0.2) is 0 Å². The van der Waals surface area contributed by atoms with E-state index in [1.165, 1.54) is 12.1 Å². The quantitative estimate of drug-likeness (QED) is 0.667. The Morgan fingerprint density at radius 2 is 2.05 bits per heavy atom. The minimum atomic E-state index is -0.649. The maximum Gasteiger partial charge on any atom is 0.248 e. The molecule has 5 heteroatoms. The highest BCUT2D eigenvalue weighted by atomic mass is 16.3. The second kappa shape index (κ2) is 5.26. The third-order valence-corrected chi connectivity index (χ3v) is 3.96. The lowest BCUT2D eigenvalue weighted by molar-refractivity contribution is 0.115. The molecule has 3 rings (SSSR count). The Kier molecular flexibility index (Phi) is 3.46. The Balaban J connectivity index is 2.07. The Hall–Kier alpha value is -1.85. The third kappa shape index (κ3) is 2.30. The molecule has 2 heterocycles. The number of aromatic hydroxyl groups is 1. The average Bonchev–Trinajstić information content (AvgIpc) is 2.48. The second-order valence-electron chi connectivity index (χ2n) is 5.29. The molecule has 1 aromatic carbocycles. The Bertz CT molecular complexity index is 674. The molecule has 2 aromatic rings. The highest BCUT2D eigenvalue weighted by Crippen LogP contribution is 2.31. The summed E-state index contributed by atoms with van der Waals surface area (Å²) in [6.45, 7) is 0.911. The highest BCUT2D eigenvalue weighted by molar-refractivity contribution is 5.87. The summed E-state index contributed by atoms with van der Waals surface area (Å²) in [5.74, 6) is 0.0188. The first-order valence-corrected chi connectivity index (χ1v) is 6.93. The van der Waals surface area contributed by atoms with Gasteiger partial charge in [0, 0.05) is 17.5 Å². The van der Waals surface area contributed by atoms with Crippen molar-refractivity contribution in [2.24, 2.45) is 0 Å². The van der Waals surface area contributed by atoms with E-state index in [0.717, 1.165) is 31.4 Å². The van der Waals surface area contributed by atoms with Crippen LogP contribution in [0.25, 0.3) is 10.9 Å². The van der Waals surface area contributed by atoms with Crippen molar-refractivity contribution in [3.63, 3.8) is 0 Å². The smallest absolute Gasteiger partial charge is 0.248 e. The topological polar surface area (TPSA) is 85.3 Å². The lowest BCUT2D eigenvalue weighted by atomic mass is 9.92. The van der Waals surface area contributed by atoms with E-state index in [-0.39, 0.29) is 17.4 Å². The maximum atomic E-state index is 11.4. The molecule has 0 radical (unpaired) electrons. The number of aromatic nitrogens is 1. The summed E-state index contributed by atoms with van der Waals surface area (Å²) in [4.78, 5) is 14.0. The van der Waals surface area contributed by atoms with Gasteiger partial charge in [-0.15, -0.1) is 0 Å². The zero-order valence-corrected chi connectivity index (χ0v) is 11.1. The number of nitrogens with one attached hydrogen (secondary N) is 2. The van der Waals surface area contributed by atoms with Gasteiger partial charge in [0.1, 0.15) is 5.75 Å². The number of aliphatic hydroxyl groups is 1. The van der Waals surface area contributed by atoms with Crippen LogP contribution >= 0.6 is 0 Å². The molecule has 0 aliphatic carbocycles. The molecule has 0 unspecified atom stereocenters. The first-order chi connectivity index (χ1) is 9.66. The third-order valence-electron chi connectivity index (χ3n) is 3.96. The van der Waals surface area contributed by atoms with E-state index >= 15 is 0 Å². The Morgan fingerprint density at radius 1 is 1.20 bits per heavy atom. The molecule has 2 atom stereocenters. The summed E-state index contributed by atoms with van der Waals surface area (Å²) in [5.41, 5.74) is 0.841. The van der Waals surface area contributed by atoms with Crippen LogP contribution < -0.4 is 10.9 Å². The van der Waals surface area contributed by atoms with Gasteiger partial charge in [-0.2, -0.15) is 0 Å². The second-order valence-corrected chi connectivity index (χ2v) is 5.29. The van der Waals surface area contributed by atoms with Gasteiger partial charge in [0.15, 0.2) is 0 Å². The van der Waals surface area contributed by atoms with Crippen molar-refractivity contribution in [1.82, 2.24) is 10.3 Å². The van der Waals surface area contributed by atoms with E-state index in [1.807, 2.05) is 0 Å². The van der Waals surface area contributed by atoms with Gasteiger partial charge < -0.3 is 20.5 Å². The number of aromatic amines is 1. The standard InChI is InChI=1S/C15H18N2O3/c18-12-6-4-10(9-5-7-13(19)17-14(9)12)15(20)11-3-1-2-8-16-11/h4-7,11,15-16,18,20H,1-3,8H2,(H,17,19)/t11-,15+/m1/s1. The normalized spacial score (nSPS) is 20.9. The predicted octanol–water partition coefficient (Wildman–Crippen LogP) is 1.41. The summed E-state index contributed by atoms with van der Waals surface area (Å²) in [7, 11) is 0. The zero-order valence-electron chi connectivity index (χ0n) is 11.1. The van der Waals surface area contributed by atoms with Crippen molar-refractivity contribution in [3.05, 3.63) is 40.2 Å². The molecule has 1 aliphatic heterocycles. The van der Waals surface area contributed by atoms with E-state index in [2.05, 4.69) is 10.3 Å².